The van der Waals surface area contributed by atoms with Gasteiger partial charge in [0, 0.05) is 0 Å². The summed E-state index contributed by atoms with van der Waals surface area (Å²) >= 11 is 8.55. The van der Waals surface area contributed by atoms with Gasteiger partial charge in [0.2, 0.25) is 0 Å². The lowest BCUT2D eigenvalue weighted by molar-refractivity contribution is 0.398. The third-order valence-electron chi connectivity index (χ3n) is 1.62. The second-order valence-electron chi connectivity index (χ2n) is 2.71. The van der Waals surface area contributed by atoms with Crippen LogP contribution in [0.15, 0.2) is 15.7 Å². The van der Waals surface area contributed by atoms with Gasteiger partial charge < -0.3 is 4.74 Å². The Labute approximate surface area is 105 Å². The smallest absolute Gasteiger partial charge is 0.189 e. The van der Waals surface area contributed by atoms with Crippen LogP contribution in [0.25, 0.3) is 0 Å². The zero-order valence-corrected chi connectivity index (χ0v) is 10.9. The second kappa shape index (κ2) is 4.94. The predicted molar refractivity (Wildman–Crippen MR) is 62.4 cm³/mol. The summed E-state index contributed by atoms with van der Waals surface area (Å²) in [6, 6.07) is 0. The number of nitrogens with zero attached hydrogens (tertiary/aromatic N) is 4. The average molecular weight is 275 g/mol. The Morgan fingerprint density at radius 2 is 2.25 bits per heavy atom. The molecule has 0 aliphatic rings. The Balaban J connectivity index is 2.30. The number of methoxy groups -OCH3 is 1. The van der Waals surface area contributed by atoms with E-state index in [0.717, 1.165) is 10.2 Å². The normalized spacial score (nSPS) is 10.4. The summed E-state index contributed by atoms with van der Waals surface area (Å²) in [5, 5.41) is 0.930. The fourth-order valence-corrected chi connectivity index (χ4v) is 2.89. The van der Waals surface area contributed by atoms with Crippen LogP contribution in [0.2, 0.25) is 5.15 Å². The lowest BCUT2D eigenvalue weighted by atomic mass is 10.6. The predicted octanol–water partition coefficient (Wildman–Crippen LogP) is 2.45. The van der Waals surface area contributed by atoms with E-state index < -0.39 is 0 Å². The van der Waals surface area contributed by atoms with Crippen LogP contribution in [0.4, 0.5) is 0 Å². The van der Waals surface area contributed by atoms with Gasteiger partial charge in [-0.3, -0.25) is 0 Å². The van der Waals surface area contributed by atoms with Gasteiger partial charge in [0.25, 0.3) is 0 Å². The fraction of sp³-hybridized carbons (Fsp3) is 0.250. The number of ether oxygens (including phenoxy) is 1. The van der Waals surface area contributed by atoms with E-state index in [0.29, 0.717) is 15.9 Å². The highest BCUT2D eigenvalue weighted by atomic mass is 35.5. The van der Waals surface area contributed by atoms with Gasteiger partial charge in [-0.15, -0.1) is 0 Å². The van der Waals surface area contributed by atoms with Gasteiger partial charge in [0.1, 0.15) is 12.2 Å². The topological polar surface area (TPSA) is 60.8 Å². The number of aromatic nitrogens is 4. The maximum Gasteiger partial charge on any atom is 0.189 e. The van der Waals surface area contributed by atoms with Crippen molar-refractivity contribution in [3.8, 4) is 5.75 Å². The summed E-state index contributed by atoms with van der Waals surface area (Å²) in [5.74, 6) is 1.20. The molecule has 2 rings (SSSR count). The van der Waals surface area contributed by atoms with Gasteiger partial charge in [-0.1, -0.05) is 11.6 Å². The zero-order chi connectivity index (χ0) is 11.5. The highest BCUT2D eigenvalue weighted by Crippen LogP contribution is 2.36. The first-order chi connectivity index (χ1) is 7.70. The van der Waals surface area contributed by atoms with Crippen LogP contribution >= 0.6 is 34.9 Å². The van der Waals surface area contributed by atoms with Crippen molar-refractivity contribution in [3.05, 3.63) is 17.3 Å². The minimum atomic E-state index is 0.293. The first-order valence-corrected chi connectivity index (χ1v) is 6.20. The summed E-state index contributed by atoms with van der Waals surface area (Å²) in [7, 11) is 1.53. The molecule has 0 atom stereocenters. The molecule has 0 saturated carbocycles. The molecule has 8 heteroatoms. The third kappa shape index (κ3) is 2.42. The standard InChI is InChI=1S/C8H7ClN4OS2/c1-4-12-8(16-13-4)15-7-5(14-2)6(9)10-3-11-7/h3H,1-2H3. The molecule has 0 aromatic carbocycles. The molecule has 0 radical (unpaired) electrons. The van der Waals surface area contributed by atoms with E-state index in [-0.39, 0.29) is 0 Å². The molecule has 0 spiro atoms. The van der Waals surface area contributed by atoms with Crippen molar-refractivity contribution in [1.29, 1.82) is 0 Å². The summed E-state index contributed by atoms with van der Waals surface area (Å²) in [5.41, 5.74) is 0. The van der Waals surface area contributed by atoms with Crippen LogP contribution in [0.1, 0.15) is 5.82 Å². The second-order valence-corrected chi connectivity index (χ2v) is 5.06. The molecule has 0 saturated heterocycles. The molecule has 0 aliphatic carbocycles. The Kier molecular flexibility index (Phi) is 3.57. The van der Waals surface area contributed by atoms with E-state index in [1.165, 1.54) is 36.7 Å². The third-order valence-corrected chi connectivity index (χ3v) is 3.72. The van der Waals surface area contributed by atoms with Gasteiger partial charge >= 0.3 is 0 Å². The van der Waals surface area contributed by atoms with Crippen molar-refractivity contribution in [2.45, 2.75) is 16.3 Å². The summed E-state index contributed by atoms with van der Waals surface area (Å²) in [4.78, 5) is 12.2. The monoisotopic (exact) mass is 274 g/mol. The zero-order valence-electron chi connectivity index (χ0n) is 8.47. The van der Waals surface area contributed by atoms with Gasteiger partial charge in [-0.2, -0.15) is 4.37 Å². The SMILES string of the molecule is COc1c(Cl)ncnc1Sc1nc(C)ns1. The van der Waals surface area contributed by atoms with E-state index in [1.54, 1.807) is 0 Å². The maximum atomic E-state index is 5.88. The maximum absolute atomic E-state index is 5.88. The Morgan fingerprint density at radius 3 is 2.88 bits per heavy atom. The molecule has 2 heterocycles. The first kappa shape index (κ1) is 11.6. The van der Waals surface area contributed by atoms with Crippen LogP contribution in [0.5, 0.6) is 5.75 Å². The molecule has 0 unspecified atom stereocenters. The van der Waals surface area contributed by atoms with Gasteiger partial charge in [-0.25, -0.2) is 15.0 Å². The molecule has 0 fully saturated rings. The van der Waals surface area contributed by atoms with E-state index >= 15 is 0 Å². The summed E-state index contributed by atoms with van der Waals surface area (Å²) < 4.78 is 10.0. The Morgan fingerprint density at radius 1 is 1.44 bits per heavy atom. The lowest BCUT2D eigenvalue weighted by Gasteiger charge is -2.05. The van der Waals surface area contributed by atoms with E-state index in [2.05, 4.69) is 19.3 Å². The molecule has 5 nitrogen and oxygen atoms in total. The number of aryl methyl sites for hydroxylation is 1. The van der Waals surface area contributed by atoms with Crippen LogP contribution in [0.3, 0.4) is 0 Å². The van der Waals surface area contributed by atoms with E-state index in [4.69, 9.17) is 16.3 Å². The van der Waals surface area contributed by atoms with Gasteiger partial charge in [0.15, 0.2) is 20.3 Å². The minimum Gasteiger partial charge on any atom is -0.491 e. The molecule has 0 bridgehead atoms. The van der Waals surface area contributed by atoms with Gasteiger partial charge in [0.05, 0.1) is 7.11 Å². The van der Waals surface area contributed by atoms with Crippen LogP contribution in [-0.2, 0) is 0 Å². The molecule has 0 amide bonds. The molecule has 0 N–H and O–H groups in total. The summed E-state index contributed by atoms with van der Waals surface area (Å²) in [6.45, 7) is 1.84. The largest absolute Gasteiger partial charge is 0.491 e. The van der Waals surface area contributed by atoms with Crippen molar-refractivity contribution in [1.82, 2.24) is 19.3 Å². The van der Waals surface area contributed by atoms with Crippen molar-refractivity contribution in [2.75, 3.05) is 7.11 Å². The Bertz CT molecular complexity index is 505. The summed E-state index contributed by atoms with van der Waals surface area (Å²) in [6.07, 6.45) is 1.39. The van der Waals surface area contributed by atoms with E-state index in [9.17, 15) is 0 Å². The number of rotatable bonds is 3. The quantitative estimate of drug-likeness (QED) is 0.801. The Hall–Kier alpha value is -0.920. The van der Waals surface area contributed by atoms with Crippen molar-refractivity contribution in [2.24, 2.45) is 0 Å². The molecule has 84 valence electrons. The van der Waals surface area contributed by atoms with Crippen LogP contribution in [-0.4, -0.2) is 26.4 Å². The van der Waals surface area contributed by atoms with Crippen molar-refractivity contribution < 1.29 is 4.74 Å². The van der Waals surface area contributed by atoms with Crippen molar-refractivity contribution in [3.63, 3.8) is 0 Å². The van der Waals surface area contributed by atoms with Crippen molar-refractivity contribution >= 4 is 34.9 Å². The van der Waals surface area contributed by atoms with Crippen LogP contribution < -0.4 is 4.74 Å². The number of hydrogen-bond donors (Lipinski definition) is 0. The fourth-order valence-electron chi connectivity index (χ4n) is 0.984. The van der Waals surface area contributed by atoms with Gasteiger partial charge in [-0.05, 0) is 30.2 Å². The molecule has 0 aliphatic heterocycles. The average Bonchev–Trinajstić information content (AvgIpc) is 2.64. The molecular formula is C8H7ClN4OS2. The molecule has 16 heavy (non-hydrogen) atoms. The molecule has 2 aromatic heterocycles. The number of hydrogen-bond acceptors (Lipinski definition) is 7. The number of halogens is 1. The highest BCUT2D eigenvalue weighted by molar-refractivity contribution is 8.01. The minimum absolute atomic E-state index is 0.293. The lowest BCUT2D eigenvalue weighted by Crippen LogP contribution is -1.92. The van der Waals surface area contributed by atoms with Crippen LogP contribution in [0, 0.1) is 6.92 Å². The first-order valence-electron chi connectivity index (χ1n) is 4.23. The highest BCUT2D eigenvalue weighted by Gasteiger charge is 2.13. The molecular weight excluding hydrogens is 268 g/mol. The van der Waals surface area contributed by atoms with E-state index in [1.807, 2.05) is 6.92 Å². The molecule has 2 aromatic rings.